The number of halogens is 2. The Labute approximate surface area is 217 Å². The molecule has 0 saturated heterocycles. The molecule has 7 nitrogen and oxygen atoms in total. The lowest BCUT2D eigenvalue weighted by Crippen LogP contribution is -2.38. The molecule has 2 aromatic carbocycles. The number of hydrogen-bond acceptors (Lipinski definition) is 4. The van der Waals surface area contributed by atoms with E-state index in [1.165, 1.54) is 33.5 Å². The summed E-state index contributed by atoms with van der Waals surface area (Å²) in [5.41, 5.74) is 11.6. The molecule has 0 fully saturated rings. The van der Waals surface area contributed by atoms with Crippen molar-refractivity contribution in [3.8, 4) is 11.8 Å². The van der Waals surface area contributed by atoms with Gasteiger partial charge >= 0.3 is 0 Å². The number of anilines is 1. The van der Waals surface area contributed by atoms with Gasteiger partial charge in [-0.3, -0.25) is 4.99 Å². The Bertz CT molecular complexity index is 1140. The number of nitrogens with one attached hydrogen (secondary N) is 2. The van der Waals surface area contributed by atoms with Crippen LogP contribution in [0.25, 0.3) is 5.69 Å². The molecule has 1 aromatic heterocycles. The summed E-state index contributed by atoms with van der Waals surface area (Å²) in [6, 6.07) is 14.6. The molecule has 0 atom stereocenters. The summed E-state index contributed by atoms with van der Waals surface area (Å²) >= 11 is 0. The van der Waals surface area contributed by atoms with Crippen LogP contribution in [-0.4, -0.2) is 35.9 Å². The van der Waals surface area contributed by atoms with E-state index in [1.54, 1.807) is 19.2 Å². The van der Waals surface area contributed by atoms with Crippen molar-refractivity contribution in [2.45, 2.75) is 33.1 Å². The first-order valence-corrected chi connectivity index (χ1v) is 11.0. The highest BCUT2D eigenvalue weighted by atomic mass is 127. The summed E-state index contributed by atoms with van der Waals surface area (Å²) in [4.78, 5) is 4.27. The Kier molecular flexibility index (Phi) is 10.3. The molecule has 0 unspecified atom stereocenters. The molecule has 0 radical (unpaired) electrons. The topological polar surface area (TPSA) is 104 Å². The SMILES string of the molecule is CN=C(NCCCc1nn(-c2ccc(F)cc2)c(N)c1C#N)NCCc1cc(C)cc(C)c1.I. The van der Waals surface area contributed by atoms with Crippen LogP contribution in [0, 0.1) is 31.0 Å². The van der Waals surface area contributed by atoms with Crippen molar-refractivity contribution >= 4 is 35.8 Å². The molecule has 4 N–H and O–H groups in total. The Hall–Kier alpha value is -3.13. The van der Waals surface area contributed by atoms with Crippen LogP contribution in [0.4, 0.5) is 10.2 Å². The molecule has 0 spiro atoms. The average Bonchev–Trinajstić information content (AvgIpc) is 3.10. The Morgan fingerprint density at radius 3 is 2.35 bits per heavy atom. The second-order valence-electron chi connectivity index (χ2n) is 7.98. The quantitative estimate of drug-likeness (QED) is 0.163. The molecule has 9 heteroatoms. The number of nitriles is 1. The number of aryl methyl sites for hydroxylation is 3. The lowest BCUT2D eigenvalue weighted by molar-refractivity contribution is 0.627. The molecule has 3 aromatic rings. The van der Waals surface area contributed by atoms with Gasteiger partial charge in [-0.2, -0.15) is 10.4 Å². The van der Waals surface area contributed by atoms with Crippen molar-refractivity contribution in [3.05, 3.63) is 76.2 Å². The fourth-order valence-electron chi connectivity index (χ4n) is 3.78. The van der Waals surface area contributed by atoms with Crippen molar-refractivity contribution in [2.24, 2.45) is 4.99 Å². The maximum absolute atomic E-state index is 13.2. The third-order valence-electron chi connectivity index (χ3n) is 5.27. The van der Waals surface area contributed by atoms with E-state index in [2.05, 4.69) is 58.8 Å². The van der Waals surface area contributed by atoms with Gasteiger partial charge in [0.2, 0.25) is 0 Å². The Morgan fingerprint density at radius 2 is 1.74 bits per heavy atom. The van der Waals surface area contributed by atoms with Gasteiger partial charge in [0.1, 0.15) is 23.3 Å². The van der Waals surface area contributed by atoms with E-state index in [0.29, 0.717) is 29.9 Å². The number of aliphatic imine (C=N–C) groups is 1. The van der Waals surface area contributed by atoms with E-state index in [1.807, 2.05) is 0 Å². The van der Waals surface area contributed by atoms with Crippen LogP contribution >= 0.6 is 24.0 Å². The fraction of sp³-hybridized carbons (Fsp3) is 0.320. The highest BCUT2D eigenvalue weighted by Crippen LogP contribution is 2.21. The number of nitrogens with zero attached hydrogens (tertiary/aromatic N) is 4. The monoisotopic (exact) mass is 575 g/mol. The van der Waals surface area contributed by atoms with Gasteiger partial charge in [-0.1, -0.05) is 29.3 Å². The van der Waals surface area contributed by atoms with Crippen LogP contribution in [-0.2, 0) is 12.8 Å². The summed E-state index contributed by atoms with van der Waals surface area (Å²) in [6.07, 6.45) is 2.23. The molecule has 1 heterocycles. The Balaban J connectivity index is 0.00000408. The minimum absolute atomic E-state index is 0. The predicted molar refractivity (Wildman–Crippen MR) is 145 cm³/mol. The zero-order valence-corrected chi connectivity index (χ0v) is 22.1. The van der Waals surface area contributed by atoms with Crippen LogP contribution in [0.5, 0.6) is 0 Å². The van der Waals surface area contributed by atoms with Gasteiger partial charge in [0, 0.05) is 20.1 Å². The van der Waals surface area contributed by atoms with Crippen LogP contribution in [0.1, 0.15) is 34.4 Å². The van der Waals surface area contributed by atoms with Crippen molar-refractivity contribution < 1.29 is 4.39 Å². The normalized spacial score (nSPS) is 11.0. The van der Waals surface area contributed by atoms with Crippen molar-refractivity contribution in [3.63, 3.8) is 0 Å². The first kappa shape index (κ1) is 27.1. The largest absolute Gasteiger partial charge is 0.382 e. The van der Waals surface area contributed by atoms with E-state index in [-0.39, 0.29) is 35.6 Å². The lowest BCUT2D eigenvalue weighted by atomic mass is 10.1. The zero-order valence-electron chi connectivity index (χ0n) is 19.7. The second-order valence-corrected chi connectivity index (χ2v) is 7.98. The second kappa shape index (κ2) is 12.9. The number of hydrogen-bond donors (Lipinski definition) is 3. The van der Waals surface area contributed by atoms with E-state index in [4.69, 9.17) is 5.73 Å². The molecule has 0 bridgehead atoms. The first-order valence-electron chi connectivity index (χ1n) is 11.0. The average molecular weight is 575 g/mol. The van der Waals surface area contributed by atoms with Crippen LogP contribution in [0.2, 0.25) is 0 Å². The molecule has 180 valence electrons. The third-order valence-corrected chi connectivity index (χ3v) is 5.27. The third kappa shape index (κ3) is 7.18. The molecular formula is C25H31FIN7. The smallest absolute Gasteiger partial charge is 0.190 e. The van der Waals surface area contributed by atoms with E-state index in [0.717, 1.165) is 25.3 Å². The highest BCUT2D eigenvalue weighted by molar-refractivity contribution is 14.0. The van der Waals surface area contributed by atoms with Gasteiger partial charge in [-0.05, 0) is 62.9 Å². The van der Waals surface area contributed by atoms with Gasteiger partial charge < -0.3 is 16.4 Å². The molecule has 0 aliphatic carbocycles. The Morgan fingerprint density at radius 1 is 1.09 bits per heavy atom. The van der Waals surface area contributed by atoms with E-state index in [9.17, 15) is 9.65 Å². The van der Waals surface area contributed by atoms with Gasteiger partial charge in [0.05, 0.1) is 11.4 Å². The number of benzene rings is 2. The van der Waals surface area contributed by atoms with Crippen molar-refractivity contribution in [1.82, 2.24) is 20.4 Å². The highest BCUT2D eigenvalue weighted by Gasteiger charge is 2.16. The molecule has 0 aliphatic heterocycles. The van der Waals surface area contributed by atoms with E-state index < -0.39 is 0 Å². The molecule has 34 heavy (non-hydrogen) atoms. The van der Waals surface area contributed by atoms with Crippen LogP contribution < -0.4 is 16.4 Å². The number of nitrogen functional groups attached to an aromatic ring is 1. The fourth-order valence-corrected chi connectivity index (χ4v) is 3.78. The standard InChI is InChI=1S/C25H30FN7.HI/c1-17-13-18(2)15-19(14-17)10-12-31-25(29-3)30-11-4-5-23-22(16-27)24(28)33(32-23)21-8-6-20(26)7-9-21;/h6-9,13-15H,4-5,10-12,28H2,1-3H3,(H2,29,30,31);1H. The van der Waals surface area contributed by atoms with E-state index >= 15 is 0 Å². The number of aromatic nitrogens is 2. The number of rotatable bonds is 8. The number of nitrogens with two attached hydrogens (primary N) is 1. The molecule has 0 saturated carbocycles. The summed E-state index contributed by atoms with van der Waals surface area (Å²) in [5.74, 6) is 0.652. The predicted octanol–water partition coefficient (Wildman–Crippen LogP) is 4.04. The minimum atomic E-state index is -0.340. The maximum Gasteiger partial charge on any atom is 0.190 e. The molecule has 0 amide bonds. The summed E-state index contributed by atoms with van der Waals surface area (Å²) in [6.45, 7) is 5.66. The summed E-state index contributed by atoms with van der Waals surface area (Å²) in [5, 5.41) is 20.6. The molecular weight excluding hydrogens is 544 g/mol. The van der Waals surface area contributed by atoms with Crippen molar-refractivity contribution in [2.75, 3.05) is 25.9 Å². The first-order chi connectivity index (χ1) is 15.9. The van der Waals surface area contributed by atoms with Gasteiger partial charge in [-0.15, -0.1) is 24.0 Å². The number of guanidine groups is 1. The summed E-state index contributed by atoms with van der Waals surface area (Å²) in [7, 11) is 1.74. The van der Waals surface area contributed by atoms with Crippen LogP contribution in [0.15, 0.2) is 47.5 Å². The minimum Gasteiger partial charge on any atom is -0.382 e. The maximum atomic E-state index is 13.2. The van der Waals surface area contributed by atoms with Crippen LogP contribution in [0.3, 0.4) is 0 Å². The molecule has 3 rings (SSSR count). The zero-order chi connectivity index (χ0) is 23.8. The molecule has 0 aliphatic rings. The lowest BCUT2D eigenvalue weighted by Gasteiger charge is -2.12. The van der Waals surface area contributed by atoms with Crippen molar-refractivity contribution in [1.29, 1.82) is 5.26 Å². The van der Waals surface area contributed by atoms with Gasteiger partial charge in [-0.25, -0.2) is 9.07 Å². The van der Waals surface area contributed by atoms with Gasteiger partial charge in [0.25, 0.3) is 0 Å². The van der Waals surface area contributed by atoms with Gasteiger partial charge in [0.15, 0.2) is 5.96 Å². The summed E-state index contributed by atoms with van der Waals surface area (Å²) < 4.78 is 14.7.